The van der Waals surface area contributed by atoms with Crippen molar-refractivity contribution in [1.29, 1.82) is 0 Å². The van der Waals surface area contributed by atoms with Gasteiger partial charge < -0.3 is 10.1 Å². The van der Waals surface area contributed by atoms with Gasteiger partial charge in [0.05, 0.1) is 7.11 Å². The molecule has 0 saturated heterocycles. The first-order chi connectivity index (χ1) is 9.85. The Labute approximate surface area is 123 Å². The molecule has 1 atom stereocenters. The van der Waals surface area contributed by atoms with Crippen molar-refractivity contribution < 1.29 is 4.74 Å². The molecular weight excluding hydrogens is 246 g/mol. The molecule has 1 N–H and O–H groups in total. The molecular formula is C18H29NO. The van der Waals surface area contributed by atoms with Crippen molar-refractivity contribution in [3.05, 3.63) is 29.8 Å². The predicted octanol–water partition coefficient (Wildman–Crippen LogP) is 4.71. The molecule has 112 valence electrons. The maximum absolute atomic E-state index is 5.39. The highest BCUT2D eigenvalue weighted by Crippen LogP contribution is 2.34. The van der Waals surface area contributed by atoms with E-state index in [0.29, 0.717) is 6.04 Å². The summed E-state index contributed by atoms with van der Waals surface area (Å²) in [5.74, 6) is 1.75. The van der Waals surface area contributed by atoms with Gasteiger partial charge in [0.1, 0.15) is 5.75 Å². The Bertz CT molecular complexity index is 383. The summed E-state index contributed by atoms with van der Waals surface area (Å²) < 4.78 is 5.39. The Balaban J connectivity index is 2.15. The second kappa shape index (κ2) is 8.31. The van der Waals surface area contributed by atoms with E-state index in [4.69, 9.17) is 4.74 Å². The molecule has 20 heavy (non-hydrogen) atoms. The van der Waals surface area contributed by atoms with Crippen LogP contribution in [0.3, 0.4) is 0 Å². The van der Waals surface area contributed by atoms with Gasteiger partial charge in [-0.25, -0.2) is 0 Å². The molecule has 0 bridgehead atoms. The minimum absolute atomic E-state index is 0.489. The van der Waals surface area contributed by atoms with Crippen LogP contribution in [0.5, 0.6) is 5.75 Å². The number of hydrogen-bond acceptors (Lipinski definition) is 2. The van der Waals surface area contributed by atoms with Gasteiger partial charge in [0.15, 0.2) is 0 Å². The van der Waals surface area contributed by atoms with E-state index < -0.39 is 0 Å². The van der Waals surface area contributed by atoms with Crippen LogP contribution in [0.25, 0.3) is 0 Å². The summed E-state index contributed by atoms with van der Waals surface area (Å²) in [4.78, 5) is 0. The van der Waals surface area contributed by atoms with Crippen LogP contribution in [-0.4, -0.2) is 13.7 Å². The predicted molar refractivity (Wildman–Crippen MR) is 85.2 cm³/mol. The highest BCUT2D eigenvalue weighted by Gasteiger charge is 2.23. The van der Waals surface area contributed by atoms with Crippen molar-refractivity contribution in [3.8, 4) is 5.75 Å². The van der Waals surface area contributed by atoms with Crippen molar-refractivity contribution in [2.24, 2.45) is 5.92 Å². The molecule has 0 amide bonds. The number of nitrogens with one attached hydrogen (secondary N) is 1. The summed E-state index contributed by atoms with van der Waals surface area (Å²) in [5.41, 5.74) is 1.39. The maximum Gasteiger partial charge on any atom is 0.119 e. The number of rotatable bonds is 6. The zero-order chi connectivity index (χ0) is 14.2. The van der Waals surface area contributed by atoms with Gasteiger partial charge in [0.25, 0.3) is 0 Å². The van der Waals surface area contributed by atoms with Crippen LogP contribution in [0.1, 0.15) is 63.5 Å². The Morgan fingerprint density at radius 3 is 2.60 bits per heavy atom. The first kappa shape index (κ1) is 15.4. The standard InChI is InChI=1S/C18H29NO/c1-3-13-19-18(15-9-6-4-5-7-10-15)16-11-8-12-17(14-16)20-2/h8,11-12,14-15,18-19H,3-7,9-10,13H2,1-2H3. The molecule has 0 spiro atoms. The van der Waals surface area contributed by atoms with Crippen LogP contribution in [-0.2, 0) is 0 Å². The van der Waals surface area contributed by atoms with Crippen molar-refractivity contribution in [1.82, 2.24) is 5.32 Å². The van der Waals surface area contributed by atoms with Gasteiger partial charge >= 0.3 is 0 Å². The van der Waals surface area contributed by atoms with E-state index in [1.165, 1.54) is 50.5 Å². The van der Waals surface area contributed by atoms with Gasteiger partial charge in [-0.2, -0.15) is 0 Å². The quantitative estimate of drug-likeness (QED) is 0.759. The highest BCUT2D eigenvalue weighted by molar-refractivity contribution is 5.31. The van der Waals surface area contributed by atoms with Crippen molar-refractivity contribution >= 4 is 0 Å². The average molecular weight is 275 g/mol. The van der Waals surface area contributed by atoms with Gasteiger partial charge in [0, 0.05) is 6.04 Å². The van der Waals surface area contributed by atoms with E-state index >= 15 is 0 Å². The molecule has 1 unspecified atom stereocenters. The van der Waals surface area contributed by atoms with Gasteiger partial charge in [-0.3, -0.25) is 0 Å². The zero-order valence-corrected chi connectivity index (χ0v) is 13.0. The smallest absolute Gasteiger partial charge is 0.119 e. The summed E-state index contributed by atoms with van der Waals surface area (Å²) in [6, 6.07) is 9.10. The zero-order valence-electron chi connectivity index (χ0n) is 13.0. The van der Waals surface area contributed by atoms with Crippen LogP contribution in [0.2, 0.25) is 0 Å². The molecule has 1 aliphatic carbocycles. The fourth-order valence-corrected chi connectivity index (χ4v) is 3.34. The van der Waals surface area contributed by atoms with Gasteiger partial charge in [0.2, 0.25) is 0 Å². The van der Waals surface area contributed by atoms with Gasteiger partial charge in [-0.05, 0) is 49.4 Å². The van der Waals surface area contributed by atoms with E-state index in [1.54, 1.807) is 7.11 Å². The Hall–Kier alpha value is -1.02. The number of benzene rings is 1. The minimum atomic E-state index is 0.489. The average Bonchev–Trinajstić information content (AvgIpc) is 2.77. The molecule has 2 nitrogen and oxygen atoms in total. The van der Waals surface area contributed by atoms with E-state index in [9.17, 15) is 0 Å². The van der Waals surface area contributed by atoms with Crippen LogP contribution in [0, 0.1) is 5.92 Å². The Morgan fingerprint density at radius 1 is 1.20 bits per heavy atom. The van der Waals surface area contributed by atoms with Crippen molar-refractivity contribution in [3.63, 3.8) is 0 Å². The Kier molecular flexibility index (Phi) is 6.38. The molecule has 1 fully saturated rings. The normalized spacial score (nSPS) is 18.5. The first-order valence-corrected chi connectivity index (χ1v) is 8.22. The van der Waals surface area contributed by atoms with E-state index in [2.05, 4.69) is 30.4 Å². The molecule has 2 heteroatoms. The fourth-order valence-electron chi connectivity index (χ4n) is 3.34. The van der Waals surface area contributed by atoms with E-state index in [-0.39, 0.29) is 0 Å². The second-order valence-corrected chi connectivity index (χ2v) is 5.96. The monoisotopic (exact) mass is 275 g/mol. The van der Waals surface area contributed by atoms with Crippen LogP contribution in [0.4, 0.5) is 0 Å². The third-order valence-corrected chi connectivity index (χ3v) is 4.44. The molecule has 1 saturated carbocycles. The molecule has 0 heterocycles. The minimum Gasteiger partial charge on any atom is -0.497 e. The van der Waals surface area contributed by atoms with E-state index in [1.807, 2.05) is 6.07 Å². The fraction of sp³-hybridized carbons (Fsp3) is 0.667. The number of ether oxygens (including phenoxy) is 1. The summed E-state index contributed by atoms with van der Waals surface area (Å²) in [6.45, 7) is 3.33. The van der Waals surface area contributed by atoms with Crippen molar-refractivity contribution in [2.75, 3.05) is 13.7 Å². The number of methoxy groups -OCH3 is 1. The summed E-state index contributed by atoms with van der Waals surface area (Å²) in [6.07, 6.45) is 9.51. The van der Waals surface area contributed by atoms with Crippen LogP contribution < -0.4 is 10.1 Å². The lowest BCUT2D eigenvalue weighted by Crippen LogP contribution is -2.29. The molecule has 0 aromatic heterocycles. The molecule has 2 rings (SSSR count). The third kappa shape index (κ3) is 4.24. The van der Waals surface area contributed by atoms with Crippen LogP contribution in [0.15, 0.2) is 24.3 Å². The lowest BCUT2D eigenvalue weighted by atomic mass is 9.87. The highest BCUT2D eigenvalue weighted by atomic mass is 16.5. The summed E-state index contributed by atoms with van der Waals surface area (Å²) in [5, 5.41) is 3.78. The lowest BCUT2D eigenvalue weighted by molar-refractivity contribution is 0.324. The van der Waals surface area contributed by atoms with Crippen molar-refractivity contribution in [2.45, 2.75) is 57.9 Å². The summed E-state index contributed by atoms with van der Waals surface area (Å²) >= 11 is 0. The lowest BCUT2D eigenvalue weighted by Gasteiger charge is -2.28. The topological polar surface area (TPSA) is 21.3 Å². The maximum atomic E-state index is 5.39. The van der Waals surface area contributed by atoms with Crippen LogP contribution >= 0.6 is 0 Å². The molecule has 1 aromatic carbocycles. The third-order valence-electron chi connectivity index (χ3n) is 4.44. The molecule has 0 aliphatic heterocycles. The van der Waals surface area contributed by atoms with Gasteiger partial charge in [-0.1, -0.05) is 44.7 Å². The molecule has 1 aliphatic rings. The molecule has 0 radical (unpaired) electrons. The largest absolute Gasteiger partial charge is 0.497 e. The molecule has 1 aromatic rings. The Morgan fingerprint density at radius 2 is 1.95 bits per heavy atom. The SMILES string of the molecule is CCCNC(c1cccc(OC)c1)C1CCCCCC1. The second-order valence-electron chi connectivity index (χ2n) is 5.96. The first-order valence-electron chi connectivity index (χ1n) is 8.22. The van der Waals surface area contributed by atoms with Gasteiger partial charge in [-0.15, -0.1) is 0 Å². The number of hydrogen-bond donors (Lipinski definition) is 1. The summed E-state index contributed by atoms with van der Waals surface area (Å²) in [7, 11) is 1.75. The van der Waals surface area contributed by atoms with E-state index in [0.717, 1.165) is 18.2 Å².